The highest BCUT2D eigenvalue weighted by Gasteiger charge is 2.28. The van der Waals surface area contributed by atoms with Gasteiger partial charge in [-0.2, -0.15) is 5.26 Å². The third-order valence-electron chi connectivity index (χ3n) is 2.17. The van der Waals surface area contributed by atoms with Crippen LogP contribution in [0.5, 0.6) is 0 Å². The van der Waals surface area contributed by atoms with Gasteiger partial charge < -0.3 is 10.2 Å². The van der Waals surface area contributed by atoms with Crippen LogP contribution in [0.1, 0.15) is 26.7 Å². The fraction of sp³-hybridized carbons (Fsp3) is 0.778. The average Bonchev–Trinajstić information content (AvgIpc) is 2.14. The summed E-state index contributed by atoms with van der Waals surface area (Å²) >= 11 is 0. The minimum absolute atomic E-state index is 0.217. The molecule has 0 spiro atoms. The Morgan fingerprint density at radius 1 is 1.46 bits per heavy atom. The summed E-state index contributed by atoms with van der Waals surface area (Å²) in [6.45, 7) is 3.78. The molecule has 1 N–H and O–H groups in total. The molecule has 0 aromatic rings. The summed E-state index contributed by atoms with van der Waals surface area (Å²) < 4.78 is 0. The van der Waals surface area contributed by atoms with Crippen molar-refractivity contribution >= 4 is 6.03 Å². The fourth-order valence-electron chi connectivity index (χ4n) is 0.929. The number of carbonyl (C=O) groups is 1. The van der Waals surface area contributed by atoms with Gasteiger partial charge in [-0.3, -0.25) is 0 Å². The van der Waals surface area contributed by atoms with Crippen LogP contribution in [0.3, 0.4) is 0 Å². The molecule has 4 heteroatoms. The number of hydrogen-bond acceptors (Lipinski definition) is 2. The Bertz CT molecular complexity index is 213. The van der Waals surface area contributed by atoms with Crippen molar-refractivity contribution in [2.75, 3.05) is 14.1 Å². The van der Waals surface area contributed by atoms with Gasteiger partial charge in [-0.1, -0.05) is 13.8 Å². The van der Waals surface area contributed by atoms with E-state index in [2.05, 4.69) is 11.4 Å². The van der Waals surface area contributed by atoms with E-state index in [0.29, 0.717) is 12.8 Å². The Kier molecular flexibility index (Phi) is 4.26. The van der Waals surface area contributed by atoms with Crippen LogP contribution in [0.15, 0.2) is 0 Å². The second-order valence-corrected chi connectivity index (χ2v) is 3.23. The lowest BCUT2D eigenvalue weighted by molar-refractivity contribution is 0.206. The van der Waals surface area contributed by atoms with Gasteiger partial charge in [0.2, 0.25) is 0 Å². The summed E-state index contributed by atoms with van der Waals surface area (Å²) in [6.07, 6.45) is 1.25. The van der Waals surface area contributed by atoms with E-state index in [1.165, 1.54) is 4.90 Å². The standard InChI is InChI=1S/C9H17N3O/c1-5-9(6-2,7-10)11-8(13)12(3)4/h5-6H2,1-4H3,(H,11,13). The minimum atomic E-state index is -0.707. The monoisotopic (exact) mass is 183 g/mol. The topological polar surface area (TPSA) is 56.1 Å². The largest absolute Gasteiger partial charge is 0.331 e. The highest BCUT2D eigenvalue weighted by atomic mass is 16.2. The van der Waals surface area contributed by atoms with Crippen LogP contribution in [0, 0.1) is 11.3 Å². The van der Waals surface area contributed by atoms with Gasteiger partial charge in [0.15, 0.2) is 0 Å². The van der Waals surface area contributed by atoms with E-state index < -0.39 is 5.54 Å². The quantitative estimate of drug-likeness (QED) is 0.717. The number of nitrogens with zero attached hydrogens (tertiary/aromatic N) is 2. The molecule has 0 radical (unpaired) electrons. The number of amides is 2. The second-order valence-electron chi connectivity index (χ2n) is 3.23. The van der Waals surface area contributed by atoms with Crippen molar-refractivity contribution in [3.05, 3.63) is 0 Å². The summed E-state index contributed by atoms with van der Waals surface area (Å²) in [5, 5.41) is 11.6. The number of urea groups is 1. The molecule has 0 heterocycles. The molecule has 0 aliphatic carbocycles. The zero-order valence-corrected chi connectivity index (χ0v) is 8.72. The normalized spacial score (nSPS) is 10.4. The lowest BCUT2D eigenvalue weighted by Crippen LogP contribution is -2.50. The van der Waals surface area contributed by atoms with Crippen molar-refractivity contribution in [1.82, 2.24) is 10.2 Å². The molecular weight excluding hydrogens is 166 g/mol. The van der Waals surface area contributed by atoms with Gasteiger partial charge in [0.1, 0.15) is 5.54 Å². The molecule has 0 aliphatic rings. The van der Waals surface area contributed by atoms with Crippen molar-refractivity contribution in [2.24, 2.45) is 0 Å². The van der Waals surface area contributed by atoms with E-state index in [4.69, 9.17) is 5.26 Å². The molecule has 0 saturated carbocycles. The van der Waals surface area contributed by atoms with Gasteiger partial charge in [0, 0.05) is 14.1 Å². The van der Waals surface area contributed by atoms with Crippen LogP contribution in [-0.4, -0.2) is 30.6 Å². The van der Waals surface area contributed by atoms with Gasteiger partial charge in [-0.05, 0) is 12.8 Å². The first-order valence-electron chi connectivity index (χ1n) is 4.42. The summed E-state index contributed by atoms with van der Waals surface area (Å²) in [7, 11) is 3.31. The molecular formula is C9H17N3O. The van der Waals surface area contributed by atoms with E-state index in [1.807, 2.05) is 13.8 Å². The van der Waals surface area contributed by atoms with E-state index in [1.54, 1.807) is 14.1 Å². The van der Waals surface area contributed by atoms with Crippen molar-refractivity contribution in [3.63, 3.8) is 0 Å². The van der Waals surface area contributed by atoms with Gasteiger partial charge in [0.25, 0.3) is 0 Å². The SMILES string of the molecule is CCC(C#N)(CC)NC(=O)N(C)C. The number of rotatable bonds is 3. The predicted octanol–water partition coefficient (Wildman–Crippen LogP) is 1.34. The van der Waals surface area contributed by atoms with Crippen LogP contribution in [0.2, 0.25) is 0 Å². The molecule has 0 unspecified atom stereocenters. The zero-order valence-electron chi connectivity index (χ0n) is 8.72. The first-order valence-corrected chi connectivity index (χ1v) is 4.42. The first-order chi connectivity index (χ1) is 6.01. The Hall–Kier alpha value is -1.24. The summed E-state index contributed by atoms with van der Waals surface area (Å²) in [5.74, 6) is 0. The van der Waals surface area contributed by atoms with E-state index in [9.17, 15) is 4.79 Å². The number of nitriles is 1. The van der Waals surface area contributed by atoms with Crippen LogP contribution < -0.4 is 5.32 Å². The number of hydrogen-bond donors (Lipinski definition) is 1. The Labute approximate surface area is 79.5 Å². The van der Waals surface area contributed by atoms with E-state index in [0.717, 1.165) is 0 Å². The molecule has 0 fully saturated rings. The van der Waals surface area contributed by atoms with Crippen molar-refractivity contribution in [2.45, 2.75) is 32.2 Å². The molecule has 0 aliphatic heterocycles. The summed E-state index contributed by atoms with van der Waals surface area (Å²) in [5.41, 5.74) is -0.707. The summed E-state index contributed by atoms with van der Waals surface area (Å²) in [4.78, 5) is 12.7. The number of nitrogens with one attached hydrogen (secondary N) is 1. The predicted molar refractivity (Wildman–Crippen MR) is 51.1 cm³/mol. The summed E-state index contributed by atoms with van der Waals surface area (Å²) in [6, 6.07) is 1.92. The lowest BCUT2D eigenvalue weighted by Gasteiger charge is -2.26. The Balaban J connectivity index is 4.45. The molecule has 0 atom stereocenters. The Morgan fingerprint density at radius 2 is 1.92 bits per heavy atom. The maximum atomic E-state index is 11.3. The lowest BCUT2D eigenvalue weighted by atomic mass is 9.95. The van der Waals surface area contributed by atoms with E-state index in [-0.39, 0.29) is 6.03 Å². The fourth-order valence-corrected chi connectivity index (χ4v) is 0.929. The first kappa shape index (κ1) is 11.8. The highest BCUT2D eigenvalue weighted by molar-refractivity contribution is 5.74. The smallest absolute Gasteiger partial charge is 0.318 e. The third-order valence-corrected chi connectivity index (χ3v) is 2.17. The maximum absolute atomic E-state index is 11.3. The highest BCUT2D eigenvalue weighted by Crippen LogP contribution is 2.13. The van der Waals surface area contributed by atoms with Gasteiger partial charge in [0.05, 0.1) is 6.07 Å². The van der Waals surface area contributed by atoms with Crippen LogP contribution in [0.25, 0.3) is 0 Å². The molecule has 0 aromatic carbocycles. The third kappa shape index (κ3) is 2.94. The van der Waals surface area contributed by atoms with Crippen molar-refractivity contribution in [1.29, 1.82) is 5.26 Å². The van der Waals surface area contributed by atoms with Gasteiger partial charge in [-0.15, -0.1) is 0 Å². The van der Waals surface area contributed by atoms with Crippen molar-refractivity contribution < 1.29 is 4.79 Å². The zero-order chi connectivity index (χ0) is 10.5. The van der Waals surface area contributed by atoms with Crippen molar-refractivity contribution in [3.8, 4) is 6.07 Å². The molecule has 0 aromatic heterocycles. The van der Waals surface area contributed by atoms with Crippen LogP contribution in [0.4, 0.5) is 4.79 Å². The van der Waals surface area contributed by atoms with Gasteiger partial charge >= 0.3 is 6.03 Å². The molecule has 13 heavy (non-hydrogen) atoms. The molecule has 0 bridgehead atoms. The minimum Gasteiger partial charge on any atom is -0.331 e. The Morgan fingerprint density at radius 3 is 2.15 bits per heavy atom. The molecule has 4 nitrogen and oxygen atoms in total. The maximum Gasteiger partial charge on any atom is 0.318 e. The number of carbonyl (C=O) groups excluding carboxylic acids is 1. The van der Waals surface area contributed by atoms with E-state index >= 15 is 0 Å². The average molecular weight is 183 g/mol. The van der Waals surface area contributed by atoms with Crippen LogP contribution >= 0.6 is 0 Å². The molecule has 2 amide bonds. The molecule has 0 rings (SSSR count). The molecule has 74 valence electrons. The van der Waals surface area contributed by atoms with Crippen LogP contribution in [-0.2, 0) is 0 Å². The second kappa shape index (κ2) is 4.70. The van der Waals surface area contributed by atoms with Gasteiger partial charge in [-0.25, -0.2) is 4.79 Å². The molecule has 0 saturated heterocycles.